The molecule has 7 nitrogen and oxygen atoms in total. The summed E-state index contributed by atoms with van der Waals surface area (Å²) in [5.74, 6) is 3.02. The molecule has 1 aliphatic carbocycles. The second-order valence-corrected chi connectivity index (χ2v) is 8.16. The summed E-state index contributed by atoms with van der Waals surface area (Å²) in [7, 11) is 0. The number of anilines is 1. The minimum Gasteiger partial charge on any atom is -0.454 e. The largest absolute Gasteiger partial charge is 0.454 e. The molecule has 1 saturated carbocycles. The average molecular weight is 391 g/mol. The number of hydrogen-bond acceptors (Lipinski definition) is 6. The summed E-state index contributed by atoms with van der Waals surface area (Å²) in [6, 6.07) is 14.2. The second-order valence-electron chi connectivity index (χ2n) is 8.16. The predicted octanol–water partition coefficient (Wildman–Crippen LogP) is 4.22. The van der Waals surface area contributed by atoms with Crippen molar-refractivity contribution in [2.75, 3.05) is 12.1 Å². The molecule has 150 valence electrons. The van der Waals surface area contributed by atoms with Crippen LogP contribution in [-0.2, 0) is 5.54 Å². The minimum atomic E-state index is -0.321. The highest BCUT2D eigenvalue weighted by atomic mass is 16.7. The molecule has 0 amide bonds. The van der Waals surface area contributed by atoms with Crippen molar-refractivity contribution in [1.29, 1.82) is 0 Å². The van der Waals surface area contributed by atoms with Gasteiger partial charge in [-0.1, -0.05) is 25.1 Å². The lowest BCUT2D eigenvalue weighted by molar-refractivity contribution is 0.174. The molecule has 1 fully saturated rings. The molecular weight excluding hydrogens is 366 g/mol. The molecule has 5 rings (SSSR count). The first-order valence-electron chi connectivity index (χ1n) is 10.2. The number of ether oxygens (including phenoxy) is 2. The number of rotatable bonds is 4. The highest BCUT2D eigenvalue weighted by molar-refractivity contribution is 5.54. The van der Waals surface area contributed by atoms with Crippen LogP contribution in [0.5, 0.6) is 11.5 Å². The highest BCUT2D eigenvalue weighted by Crippen LogP contribution is 2.42. The Morgan fingerprint density at radius 1 is 1.07 bits per heavy atom. The van der Waals surface area contributed by atoms with E-state index >= 15 is 0 Å². The maximum Gasteiger partial charge on any atom is 0.231 e. The summed E-state index contributed by atoms with van der Waals surface area (Å²) in [5.41, 5.74) is 2.90. The van der Waals surface area contributed by atoms with Crippen molar-refractivity contribution >= 4 is 5.69 Å². The van der Waals surface area contributed by atoms with Crippen LogP contribution in [0, 0.1) is 12.8 Å². The SMILES string of the molecule is Cc1ccccc1NC1(c2nnnn2-c2ccc3c(c2)OCO3)CCC(C)CC1. The molecule has 1 aliphatic heterocycles. The van der Waals surface area contributed by atoms with Gasteiger partial charge in [0.25, 0.3) is 0 Å². The lowest BCUT2D eigenvalue weighted by atomic mass is 9.76. The van der Waals surface area contributed by atoms with E-state index in [1.807, 2.05) is 22.9 Å². The first-order valence-corrected chi connectivity index (χ1v) is 10.2. The van der Waals surface area contributed by atoms with E-state index < -0.39 is 0 Å². The van der Waals surface area contributed by atoms with Gasteiger partial charge < -0.3 is 14.8 Å². The molecule has 0 atom stereocenters. The number of aromatic nitrogens is 4. The van der Waals surface area contributed by atoms with Gasteiger partial charge in [0, 0.05) is 11.8 Å². The Hall–Kier alpha value is -3.09. The number of benzene rings is 2. The van der Waals surface area contributed by atoms with Crippen LogP contribution in [0.1, 0.15) is 44.0 Å². The van der Waals surface area contributed by atoms with Crippen molar-refractivity contribution in [2.45, 2.75) is 45.1 Å². The van der Waals surface area contributed by atoms with Gasteiger partial charge in [0.1, 0.15) is 0 Å². The molecular formula is C22H25N5O2. The Morgan fingerprint density at radius 2 is 1.86 bits per heavy atom. The van der Waals surface area contributed by atoms with Crippen molar-refractivity contribution in [3.63, 3.8) is 0 Å². The van der Waals surface area contributed by atoms with Gasteiger partial charge in [-0.25, -0.2) is 0 Å². The molecule has 3 aromatic rings. The molecule has 0 bridgehead atoms. The maximum atomic E-state index is 5.55. The van der Waals surface area contributed by atoms with Crippen LogP contribution in [0.2, 0.25) is 0 Å². The van der Waals surface area contributed by atoms with Crippen molar-refractivity contribution in [3.8, 4) is 17.2 Å². The number of nitrogens with one attached hydrogen (secondary N) is 1. The smallest absolute Gasteiger partial charge is 0.231 e. The first-order chi connectivity index (χ1) is 14.1. The van der Waals surface area contributed by atoms with E-state index in [9.17, 15) is 0 Å². The summed E-state index contributed by atoms with van der Waals surface area (Å²) in [6.45, 7) is 4.69. The number of para-hydroxylation sites is 1. The van der Waals surface area contributed by atoms with Gasteiger partial charge in [-0.2, -0.15) is 4.68 Å². The van der Waals surface area contributed by atoms with Gasteiger partial charge in [-0.3, -0.25) is 0 Å². The van der Waals surface area contributed by atoms with E-state index in [1.165, 1.54) is 5.56 Å². The third-order valence-electron chi connectivity index (χ3n) is 6.15. The van der Waals surface area contributed by atoms with Crippen molar-refractivity contribution in [1.82, 2.24) is 20.2 Å². The minimum absolute atomic E-state index is 0.248. The van der Waals surface area contributed by atoms with E-state index in [0.717, 1.165) is 54.4 Å². The van der Waals surface area contributed by atoms with Gasteiger partial charge >= 0.3 is 0 Å². The lowest BCUT2D eigenvalue weighted by Gasteiger charge is -2.40. The molecule has 0 spiro atoms. The first kappa shape index (κ1) is 18.0. The van der Waals surface area contributed by atoms with E-state index in [4.69, 9.17) is 9.47 Å². The Bertz CT molecular complexity index is 1020. The molecule has 1 N–H and O–H groups in total. The molecule has 2 heterocycles. The molecule has 7 heteroatoms. The molecule has 1 aromatic heterocycles. The maximum absolute atomic E-state index is 5.55. The molecule has 0 unspecified atom stereocenters. The molecule has 29 heavy (non-hydrogen) atoms. The van der Waals surface area contributed by atoms with E-state index in [1.54, 1.807) is 0 Å². The number of aryl methyl sites for hydroxylation is 1. The second kappa shape index (κ2) is 7.06. The Morgan fingerprint density at radius 3 is 2.69 bits per heavy atom. The molecule has 0 radical (unpaired) electrons. The van der Waals surface area contributed by atoms with Crippen LogP contribution in [0.3, 0.4) is 0 Å². The summed E-state index contributed by atoms with van der Waals surface area (Å²) >= 11 is 0. The molecule has 2 aromatic carbocycles. The number of fused-ring (bicyclic) bond motifs is 1. The topological polar surface area (TPSA) is 74.1 Å². The normalized spacial score (nSPS) is 23.2. The van der Waals surface area contributed by atoms with Crippen molar-refractivity contribution < 1.29 is 9.47 Å². The fourth-order valence-electron chi connectivity index (χ4n) is 4.31. The van der Waals surface area contributed by atoms with E-state index in [2.05, 4.69) is 59.0 Å². The predicted molar refractivity (Wildman–Crippen MR) is 109 cm³/mol. The zero-order valence-corrected chi connectivity index (χ0v) is 16.8. The summed E-state index contributed by atoms with van der Waals surface area (Å²) in [6.07, 6.45) is 4.22. The van der Waals surface area contributed by atoms with Crippen LogP contribution < -0.4 is 14.8 Å². The van der Waals surface area contributed by atoms with Crippen LogP contribution in [-0.4, -0.2) is 27.0 Å². The van der Waals surface area contributed by atoms with E-state index in [0.29, 0.717) is 5.92 Å². The fourth-order valence-corrected chi connectivity index (χ4v) is 4.31. The van der Waals surface area contributed by atoms with Gasteiger partial charge in [0.05, 0.1) is 11.2 Å². The van der Waals surface area contributed by atoms with Crippen LogP contribution in [0.4, 0.5) is 5.69 Å². The third kappa shape index (κ3) is 3.20. The van der Waals surface area contributed by atoms with Crippen molar-refractivity contribution in [3.05, 3.63) is 53.9 Å². The summed E-state index contributed by atoms with van der Waals surface area (Å²) in [4.78, 5) is 0. The van der Waals surface area contributed by atoms with Gasteiger partial charge in [-0.15, -0.1) is 5.10 Å². The third-order valence-corrected chi connectivity index (χ3v) is 6.15. The Kier molecular flexibility index (Phi) is 4.38. The average Bonchev–Trinajstić information content (AvgIpc) is 3.40. The quantitative estimate of drug-likeness (QED) is 0.718. The zero-order valence-electron chi connectivity index (χ0n) is 16.8. The highest BCUT2D eigenvalue weighted by Gasteiger charge is 2.41. The van der Waals surface area contributed by atoms with Gasteiger partial charge in [-0.05, 0) is 72.7 Å². The Labute approximate surface area is 170 Å². The summed E-state index contributed by atoms with van der Waals surface area (Å²) in [5, 5.41) is 16.7. The van der Waals surface area contributed by atoms with Gasteiger partial charge in [0.15, 0.2) is 17.3 Å². The van der Waals surface area contributed by atoms with Gasteiger partial charge in [0.2, 0.25) is 6.79 Å². The van der Waals surface area contributed by atoms with Crippen LogP contribution >= 0.6 is 0 Å². The standard InChI is InChI=1S/C22H25N5O2/c1-15-9-11-22(12-10-15,23-18-6-4-3-5-16(18)2)21-24-25-26-27(21)17-7-8-19-20(13-17)29-14-28-19/h3-8,13,15,23H,9-12,14H2,1-2H3. The Balaban J connectivity index is 1.57. The zero-order chi connectivity index (χ0) is 19.8. The lowest BCUT2D eigenvalue weighted by Crippen LogP contribution is -2.41. The number of tetrazole rings is 1. The molecule has 2 aliphatic rings. The van der Waals surface area contributed by atoms with Crippen LogP contribution in [0.25, 0.3) is 5.69 Å². The number of nitrogens with zero attached hydrogens (tertiary/aromatic N) is 4. The van der Waals surface area contributed by atoms with Crippen LogP contribution in [0.15, 0.2) is 42.5 Å². The fraction of sp³-hybridized carbons (Fsp3) is 0.409. The monoisotopic (exact) mass is 391 g/mol. The molecule has 0 saturated heterocycles. The van der Waals surface area contributed by atoms with E-state index in [-0.39, 0.29) is 12.3 Å². The summed E-state index contributed by atoms with van der Waals surface area (Å²) < 4.78 is 12.8. The van der Waals surface area contributed by atoms with Crippen molar-refractivity contribution in [2.24, 2.45) is 5.92 Å². The number of hydrogen-bond donors (Lipinski definition) is 1.